The standard InChI is InChI=1S/C37H23N2.C13H12N.Ir/c1-2-18-34-30-14-8-16-32(24-30)39-36-20-4-3-19-35(36)38-37(39)31-15-7-12-28(23-31)26-10-5-9-25(21-26)27-11-6-13-29(22-27)33(34)17-1;1-10-3-6-12(7-4-10)13-8-5-11(2)9-14-13;/h1-14,16-24H;3-6,8-9H,1-2H3;/q2*-1;/i;1D3,2D3;. The number of aromatic nitrogens is 3. The molecule has 9 aromatic rings. The second-order valence-electron chi connectivity index (χ2n) is 12.9. The SMILES string of the molecule is [2H]C([2H])([2H])c1c[c-]c(-c2ccc(C([2H])([2H])[2H])cn2)cc1.[Ir].[c-]1ccc2cc1-c1nc3ccccc3n1-c1cccc(c1)-c1ccccc1-c1cccc(c1)-c1cccc-2c1. The summed E-state index contributed by atoms with van der Waals surface area (Å²) in [6, 6.07) is 63.7. The van der Waals surface area contributed by atoms with E-state index in [9.17, 15) is 0 Å². The van der Waals surface area contributed by atoms with E-state index in [1.807, 2.05) is 12.1 Å². The Morgan fingerprint density at radius 1 is 0.537 bits per heavy atom. The summed E-state index contributed by atoms with van der Waals surface area (Å²) in [5.41, 5.74) is 15.1. The van der Waals surface area contributed by atoms with Gasteiger partial charge in [0, 0.05) is 40.2 Å². The summed E-state index contributed by atoms with van der Waals surface area (Å²) >= 11 is 0. The fraction of sp³-hybridized carbons (Fsp3) is 0.0400. The van der Waals surface area contributed by atoms with Gasteiger partial charge in [-0.3, -0.25) is 4.98 Å². The van der Waals surface area contributed by atoms with E-state index in [0.717, 1.165) is 33.7 Å². The number of fused-ring (bicyclic) bond motifs is 18. The number of aryl methyl sites for hydroxylation is 2. The first-order valence-corrected chi connectivity index (χ1v) is 17.4. The fourth-order valence-electron chi connectivity index (χ4n) is 6.92. The summed E-state index contributed by atoms with van der Waals surface area (Å²) in [6.45, 7) is -4.34. The summed E-state index contributed by atoms with van der Waals surface area (Å²) in [7, 11) is 0. The molecular formula is C50H35IrN3-2. The van der Waals surface area contributed by atoms with Gasteiger partial charge in [-0.25, -0.2) is 0 Å². The molecule has 8 bridgehead atoms. The van der Waals surface area contributed by atoms with Gasteiger partial charge >= 0.3 is 0 Å². The van der Waals surface area contributed by atoms with Crippen LogP contribution in [0.2, 0.25) is 0 Å². The predicted molar refractivity (Wildman–Crippen MR) is 219 cm³/mol. The molecule has 0 N–H and O–H groups in total. The molecule has 0 amide bonds. The predicted octanol–water partition coefficient (Wildman–Crippen LogP) is 12.6. The molecule has 3 heterocycles. The Labute approximate surface area is 338 Å². The quantitative estimate of drug-likeness (QED) is 0.154. The minimum absolute atomic E-state index is 0. The number of hydrogen-bond donors (Lipinski definition) is 0. The summed E-state index contributed by atoms with van der Waals surface area (Å²) in [5.74, 6) is 0.886. The zero-order valence-electron chi connectivity index (χ0n) is 34.9. The van der Waals surface area contributed by atoms with Gasteiger partial charge in [0.2, 0.25) is 0 Å². The maximum Gasteiger partial charge on any atom is 0.0774 e. The zero-order valence-corrected chi connectivity index (χ0v) is 31.3. The zero-order chi connectivity index (χ0) is 40.7. The normalized spacial score (nSPS) is 13.1. The van der Waals surface area contributed by atoms with Crippen LogP contribution in [0.4, 0.5) is 0 Å². The molecule has 1 aliphatic heterocycles. The number of benzene rings is 7. The molecule has 0 atom stereocenters. The van der Waals surface area contributed by atoms with E-state index in [2.05, 4.69) is 149 Å². The van der Waals surface area contributed by atoms with E-state index in [4.69, 9.17) is 13.2 Å². The molecule has 1 aliphatic rings. The molecule has 0 spiro atoms. The Kier molecular flexibility index (Phi) is 7.89. The molecule has 0 aliphatic carbocycles. The molecule has 1 radical (unpaired) electrons. The number of pyridine rings is 1. The van der Waals surface area contributed by atoms with Gasteiger partial charge in [-0.15, -0.1) is 70.8 Å². The van der Waals surface area contributed by atoms with Crippen LogP contribution < -0.4 is 0 Å². The van der Waals surface area contributed by atoms with Crippen molar-refractivity contribution in [2.45, 2.75) is 13.7 Å². The molecule has 0 fully saturated rings. The average Bonchev–Trinajstić information content (AvgIpc) is 3.66. The van der Waals surface area contributed by atoms with Crippen LogP contribution in [0.5, 0.6) is 0 Å². The van der Waals surface area contributed by atoms with Crippen LogP contribution in [0, 0.1) is 25.8 Å². The molecule has 3 nitrogen and oxygen atoms in total. The van der Waals surface area contributed by atoms with Gasteiger partial charge in [-0.05, 0) is 93.5 Å². The Morgan fingerprint density at radius 2 is 1.19 bits per heavy atom. The molecule has 0 saturated heterocycles. The van der Waals surface area contributed by atoms with Crippen molar-refractivity contribution in [1.29, 1.82) is 0 Å². The van der Waals surface area contributed by atoms with Crippen molar-refractivity contribution in [1.82, 2.24) is 14.5 Å². The number of para-hydroxylation sites is 2. The first-order valence-electron chi connectivity index (χ1n) is 20.4. The minimum Gasteiger partial charge on any atom is -0.333 e. The van der Waals surface area contributed by atoms with Crippen LogP contribution >= 0.6 is 0 Å². The Hall–Kier alpha value is -6.19. The van der Waals surface area contributed by atoms with Crippen molar-refractivity contribution in [3.8, 4) is 72.8 Å². The smallest absolute Gasteiger partial charge is 0.0774 e. The molecule has 0 saturated carbocycles. The number of hydrogen-bond acceptors (Lipinski definition) is 2. The topological polar surface area (TPSA) is 30.7 Å². The molecule has 2 aromatic heterocycles. The maximum absolute atomic E-state index is 7.28. The maximum atomic E-state index is 7.28. The molecule has 0 unspecified atom stereocenters. The van der Waals surface area contributed by atoms with E-state index in [1.165, 1.54) is 63.3 Å². The van der Waals surface area contributed by atoms with Crippen LogP contribution in [-0.4, -0.2) is 14.5 Å². The van der Waals surface area contributed by atoms with Gasteiger partial charge in [-0.2, -0.15) is 0 Å². The minimum atomic E-state index is -2.18. The van der Waals surface area contributed by atoms with Gasteiger partial charge in [0.05, 0.1) is 16.9 Å². The summed E-state index contributed by atoms with van der Waals surface area (Å²) in [5, 5.41) is 0. The van der Waals surface area contributed by atoms with Crippen molar-refractivity contribution >= 4 is 11.0 Å². The molecule has 7 aromatic carbocycles. The molecule has 10 rings (SSSR count). The molecule has 54 heavy (non-hydrogen) atoms. The van der Waals surface area contributed by atoms with Crippen molar-refractivity contribution < 1.29 is 28.3 Å². The first kappa shape index (κ1) is 28.3. The first-order chi connectivity index (χ1) is 28.5. The number of rotatable bonds is 1. The van der Waals surface area contributed by atoms with Crippen molar-refractivity contribution in [3.63, 3.8) is 0 Å². The third kappa shape index (κ3) is 6.86. The molecule has 4 heteroatoms. The fourth-order valence-corrected chi connectivity index (χ4v) is 6.92. The summed E-state index contributed by atoms with van der Waals surface area (Å²) < 4.78 is 45.9. The second kappa shape index (κ2) is 15.0. The van der Waals surface area contributed by atoms with Gasteiger partial charge in [0.25, 0.3) is 0 Å². The monoisotopic (exact) mass is 876 g/mol. The van der Waals surface area contributed by atoms with Crippen LogP contribution in [0.15, 0.2) is 176 Å². The Bertz CT molecular complexity index is 2910. The van der Waals surface area contributed by atoms with Crippen molar-refractivity contribution in [3.05, 3.63) is 199 Å². The van der Waals surface area contributed by atoms with Gasteiger partial charge < -0.3 is 9.55 Å². The second-order valence-corrected chi connectivity index (χ2v) is 12.9. The van der Waals surface area contributed by atoms with E-state index in [1.54, 1.807) is 12.1 Å². The van der Waals surface area contributed by atoms with Gasteiger partial charge in [0.15, 0.2) is 0 Å². The third-order valence-electron chi connectivity index (χ3n) is 9.50. The van der Waals surface area contributed by atoms with Gasteiger partial charge in [0.1, 0.15) is 0 Å². The van der Waals surface area contributed by atoms with Crippen LogP contribution in [-0.2, 0) is 20.1 Å². The molecule has 261 valence electrons. The largest absolute Gasteiger partial charge is 0.333 e. The van der Waals surface area contributed by atoms with E-state index in [-0.39, 0.29) is 31.2 Å². The third-order valence-corrected chi connectivity index (χ3v) is 9.50. The van der Waals surface area contributed by atoms with Gasteiger partial charge in [-0.1, -0.05) is 104 Å². The number of imidazole rings is 1. The Morgan fingerprint density at radius 3 is 1.89 bits per heavy atom. The van der Waals surface area contributed by atoms with E-state index >= 15 is 0 Å². The van der Waals surface area contributed by atoms with Crippen LogP contribution in [0.25, 0.3) is 83.9 Å². The summed E-state index contributed by atoms with van der Waals surface area (Å²) in [6.07, 6.45) is 1.30. The van der Waals surface area contributed by atoms with Crippen LogP contribution in [0.1, 0.15) is 19.4 Å². The average molecular weight is 876 g/mol. The van der Waals surface area contributed by atoms with E-state index in [0.29, 0.717) is 11.3 Å². The van der Waals surface area contributed by atoms with Crippen molar-refractivity contribution in [2.24, 2.45) is 0 Å². The molecular weight excluding hydrogens is 835 g/mol. The van der Waals surface area contributed by atoms with E-state index < -0.39 is 13.7 Å². The van der Waals surface area contributed by atoms with Crippen molar-refractivity contribution in [2.75, 3.05) is 0 Å². The summed E-state index contributed by atoms with van der Waals surface area (Å²) in [4.78, 5) is 9.19. The number of nitrogens with zero attached hydrogens (tertiary/aromatic N) is 3. The Balaban J connectivity index is 0.000000202. The van der Waals surface area contributed by atoms with Crippen LogP contribution in [0.3, 0.4) is 0 Å².